The van der Waals surface area contributed by atoms with Crippen molar-refractivity contribution in [2.75, 3.05) is 45.7 Å². The Kier molecular flexibility index (Phi) is 6.26. The van der Waals surface area contributed by atoms with Gasteiger partial charge >= 0.3 is 5.69 Å². The molecule has 0 saturated heterocycles. The first-order valence-electron chi connectivity index (χ1n) is 6.00. The van der Waals surface area contributed by atoms with Crippen LogP contribution in [0.2, 0.25) is 0 Å². The number of nitrogens with one attached hydrogen (secondary N) is 1. The first kappa shape index (κ1) is 16.3. The van der Waals surface area contributed by atoms with Crippen LogP contribution in [-0.2, 0) is 4.74 Å². The highest BCUT2D eigenvalue weighted by Gasteiger charge is 2.21. The Labute approximate surface area is 115 Å². The molecular formula is C12H17F2N3O3. The number of nitro benzene ring substituents is 1. The van der Waals surface area contributed by atoms with E-state index in [0.717, 1.165) is 6.07 Å². The zero-order chi connectivity index (χ0) is 15.1. The number of halogens is 2. The summed E-state index contributed by atoms with van der Waals surface area (Å²) >= 11 is 0. The fourth-order valence-corrected chi connectivity index (χ4v) is 1.63. The van der Waals surface area contributed by atoms with Crippen LogP contribution in [-0.4, -0.2) is 50.2 Å². The van der Waals surface area contributed by atoms with Crippen LogP contribution in [0.15, 0.2) is 12.1 Å². The number of ether oxygens (including phenoxy) is 1. The first-order valence-corrected chi connectivity index (χ1v) is 6.00. The summed E-state index contributed by atoms with van der Waals surface area (Å²) in [6, 6.07) is 1.41. The van der Waals surface area contributed by atoms with Crippen LogP contribution < -0.4 is 5.32 Å². The average molecular weight is 289 g/mol. The molecule has 0 spiro atoms. The third-order valence-electron chi connectivity index (χ3n) is 2.70. The third kappa shape index (κ3) is 4.71. The van der Waals surface area contributed by atoms with Crippen LogP contribution in [0.3, 0.4) is 0 Å². The third-order valence-corrected chi connectivity index (χ3v) is 2.70. The van der Waals surface area contributed by atoms with Crippen LogP contribution in [0.25, 0.3) is 0 Å². The van der Waals surface area contributed by atoms with E-state index < -0.39 is 22.2 Å². The van der Waals surface area contributed by atoms with Crippen molar-refractivity contribution in [1.82, 2.24) is 4.90 Å². The van der Waals surface area contributed by atoms with Crippen LogP contribution in [0.4, 0.5) is 20.2 Å². The van der Waals surface area contributed by atoms with E-state index in [4.69, 9.17) is 4.74 Å². The van der Waals surface area contributed by atoms with Crippen molar-refractivity contribution >= 4 is 11.4 Å². The van der Waals surface area contributed by atoms with Crippen molar-refractivity contribution in [3.05, 3.63) is 33.9 Å². The highest BCUT2D eigenvalue weighted by atomic mass is 19.1. The molecule has 0 aromatic heterocycles. The van der Waals surface area contributed by atoms with Gasteiger partial charge in [-0.25, -0.2) is 4.39 Å². The zero-order valence-corrected chi connectivity index (χ0v) is 11.4. The SMILES string of the molecule is COCCN(C)CCNc1cc(F)cc(F)c1[N+](=O)[O-]. The molecule has 0 fully saturated rings. The van der Waals surface area contributed by atoms with E-state index in [2.05, 4.69) is 5.32 Å². The Morgan fingerprint density at radius 1 is 1.40 bits per heavy atom. The van der Waals surface area contributed by atoms with Crippen molar-refractivity contribution in [3.63, 3.8) is 0 Å². The molecular weight excluding hydrogens is 272 g/mol. The van der Waals surface area contributed by atoms with E-state index in [0.29, 0.717) is 32.3 Å². The molecule has 20 heavy (non-hydrogen) atoms. The molecule has 1 rings (SSSR count). The Morgan fingerprint density at radius 3 is 2.70 bits per heavy atom. The number of benzene rings is 1. The second kappa shape index (κ2) is 7.71. The normalized spacial score (nSPS) is 10.8. The molecule has 0 aliphatic heterocycles. The summed E-state index contributed by atoms with van der Waals surface area (Å²) in [6.45, 7) is 2.13. The van der Waals surface area contributed by atoms with E-state index in [1.54, 1.807) is 7.11 Å². The van der Waals surface area contributed by atoms with E-state index >= 15 is 0 Å². The number of rotatable bonds is 8. The van der Waals surface area contributed by atoms with Crippen LogP contribution in [0.5, 0.6) is 0 Å². The number of likely N-dealkylation sites (N-methyl/N-ethyl adjacent to an activating group) is 1. The van der Waals surface area contributed by atoms with Crippen LogP contribution >= 0.6 is 0 Å². The molecule has 0 unspecified atom stereocenters. The summed E-state index contributed by atoms with van der Waals surface area (Å²) in [4.78, 5) is 11.8. The second-order valence-electron chi connectivity index (χ2n) is 4.26. The fourth-order valence-electron chi connectivity index (χ4n) is 1.63. The van der Waals surface area contributed by atoms with Gasteiger partial charge in [0.05, 0.1) is 11.5 Å². The van der Waals surface area contributed by atoms with Gasteiger partial charge in [-0.1, -0.05) is 0 Å². The zero-order valence-electron chi connectivity index (χ0n) is 11.4. The summed E-state index contributed by atoms with van der Waals surface area (Å²) in [5.74, 6) is -2.05. The molecule has 1 aromatic carbocycles. The molecule has 6 nitrogen and oxygen atoms in total. The molecule has 0 aliphatic rings. The fraction of sp³-hybridized carbons (Fsp3) is 0.500. The number of hydrogen-bond acceptors (Lipinski definition) is 5. The molecule has 0 radical (unpaired) electrons. The number of anilines is 1. The van der Waals surface area contributed by atoms with E-state index in [9.17, 15) is 18.9 Å². The van der Waals surface area contributed by atoms with Gasteiger partial charge in [0.2, 0.25) is 5.82 Å². The smallest absolute Gasteiger partial charge is 0.327 e. The van der Waals surface area contributed by atoms with Gasteiger partial charge in [0, 0.05) is 38.9 Å². The molecule has 1 aromatic rings. The van der Waals surface area contributed by atoms with Crippen molar-refractivity contribution in [1.29, 1.82) is 0 Å². The lowest BCUT2D eigenvalue weighted by Gasteiger charge is -2.16. The molecule has 0 atom stereocenters. The minimum atomic E-state index is -1.19. The van der Waals surface area contributed by atoms with Gasteiger partial charge in [0.15, 0.2) is 0 Å². The van der Waals surface area contributed by atoms with Crippen molar-refractivity contribution in [2.45, 2.75) is 0 Å². The molecule has 112 valence electrons. The van der Waals surface area contributed by atoms with Gasteiger partial charge in [-0.15, -0.1) is 0 Å². The summed E-state index contributed by atoms with van der Waals surface area (Å²) in [7, 11) is 3.44. The topological polar surface area (TPSA) is 67.6 Å². The van der Waals surface area contributed by atoms with E-state index in [1.807, 2.05) is 11.9 Å². The predicted octanol–water partition coefficient (Wildman–Crippen LogP) is 1.86. The quantitative estimate of drug-likeness (QED) is 0.584. The summed E-state index contributed by atoms with van der Waals surface area (Å²) in [5, 5.41) is 13.4. The predicted molar refractivity (Wildman–Crippen MR) is 70.9 cm³/mol. The second-order valence-corrected chi connectivity index (χ2v) is 4.26. The number of nitro groups is 1. The standard InChI is InChI=1S/C12H17F2N3O3/c1-16(5-6-20-2)4-3-15-11-8-9(13)7-10(14)12(11)17(18)19/h7-8,15H,3-6H2,1-2H3. The molecule has 0 amide bonds. The minimum absolute atomic E-state index is 0.160. The molecule has 0 saturated carbocycles. The molecule has 0 bridgehead atoms. The average Bonchev–Trinajstić information content (AvgIpc) is 2.34. The maximum Gasteiger partial charge on any atom is 0.327 e. The Hall–Kier alpha value is -1.80. The number of nitrogens with zero attached hydrogens (tertiary/aromatic N) is 2. The molecule has 8 heteroatoms. The lowest BCUT2D eigenvalue weighted by atomic mass is 10.2. The Morgan fingerprint density at radius 2 is 2.10 bits per heavy atom. The minimum Gasteiger partial charge on any atom is -0.383 e. The van der Waals surface area contributed by atoms with Crippen molar-refractivity contribution in [3.8, 4) is 0 Å². The van der Waals surface area contributed by atoms with Gasteiger partial charge < -0.3 is 15.0 Å². The molecule has 0 aliphatic carbocycles. The molecule has 0 heterocycles. The van der Waals surface area contributed by atoms with Gasteiger partial charge in [-0.2, -0.15) is 4.39 Å². The summed E-state index contributed by atoms with van der Waals surface area (Å²) < 4.78 is 31.4. The van der Waals surface area contributed by atoms with Crippen molar-refractivity contribution in [2.24, 2.45) is 0 Å². The highest BCUT2D eigenvalue weighted by Crippen LogP contribution is 2.28. The van der Waals surface area contributed by atoms with E-state index in [1.165, 1.54) is 0 Å². The lowest BCUT2D eigenvalue weighted by Crippen LogP contribution is -2.28. The summed E-state index contributed by atoms with van der Waals surface area (Å²) in [5.41, 5.74) is -0.904. The Balaban J connectivity index is 2.65. The maximum atomic E-state index is 13.4. The van der Waals surface area contributed by atoms with Gasteiger partial charge in [0.1, 0.15) is 11.5 Å². The lowest BCUT2D eigenvalue weighted by molar-refractivity contribution is -0.386. The maximum absolute atomic E-state index is 13.4. The van der Waals surface area contributed by atoms with Gasteiger partial charge in [0.25, 0.3) is 0 Å². The van der Waals surface area contributed by atoms with Crippen molar-refractivity contribution < 1.29 is 18.4 Å². The first-order chi connectivity index (χ1) is 9.45. The van der Waals surface area contributed by atoms with E-state index in [-0.39, 0.29) is 5.69 Å². The van der Waals surface area contributed by atoms with Crippen LogP contribution in [0, 0.1) is 21.7 Å². The van der Waals surface area contributed by atoms with Gasteiger partial charge in [-0.05, 0) is 7.05 Å². The Bertz CT molecular complexity index is 472. The number of hydrogen-bond donors (Lipinski definition) is 1. The number of methoxy groups -OCH3 is 1. The van der Waals surface area contributed by atoms with Crippen LogP contribution in [0.1, 0.15) is 0 Å². The molecule has 1 N–H and O–H groups in total. The monoisotopic (exact) mass is 289 g/mol. The largest absolute Gasteiger partial charge is 0.383 e. The summed E-state index contributed by atoms with van der Waals surface area (Å²) in [6.07, 6.45) is 0. The van der Waals surface area contributed by atoms with Gasteiger partial charge in [-0.3, -0.25) is 10.1 Å². The highest BCUT2D eigenvalue weighted by molar-refractivity contribution is 5.62.